The Balaban J connectivity index is 1.85. The van der Waals surface area contributed by atoms with Crippen LogP contribution in [-0.4, -0.2) is 43.2 Å². The fourth-order valence-corrected chi connectivity index (χ4v) is 4.68. The van der Waals surface area contributed by atoms with Crippen molar-refractivity contribution in [3.8, 4) is 5.75 Å². The molecule has 5 nitrogen and oxygen atoms in total. The molecule has 6 heteroatoms. The van der Waals surface area contributed by atoms with E-state index in [1.54, 1.807) is 14.2 Å². The summed E-state index contributed by atoms with van der Waals surface area (Å²) in [5, 5.41) is 22.7. The second-order valence-corrected chi connectivity index (χ2v) is 8.32. The standard InChI is InChI=1S/C25H27ClO5/c1-29-19-9-7-16(8-10-19)11-17-12-23(21-5-3-4-6-22(21)24(17)26)25(30-2)14-18(28)13-20(15-27)31-25/h3-10,12,18,20,27-28H,11,13-15H2,1-2H3/t18?,20?,25-/m1/s1. The topological polar surface area (TPSA) is 68.2 Å². The van der Waals surface area contributed by atoms with Gasteiger partial charge in [-0.15, -0.1) is 0 Å². The van der Waals surface area contributed by atoms with Crippen LogP contribution in [0.5, 0.6) is 5.75 Å². The molecule has 0 aliphatic carbocycles. The maximum Gasteiger partial charge on any atom is 0.198 e. The number of rotatable bonds is 6. The van der Waals surface area contributed by atoms with Crippen molar-refractivity contribution in [1.29, 1.82) is 0 Å². The first-order chi connectivity index (χ1) is 15.0. The second-order valence-electron chi connectivity index (χ2n) is 7.94. The highest BCUT2D eigenvalue weighted by molar-refractivity contribution is 6.36. The summed E-state index contributed by atoms with van der Waals surface area (Å²) < 4.78 is 17.4. The molecule has 1 fully saturated rings. The first kappa shape index (κ1) is 22.1. The molecular formula is C25H27ClO5. The molecule has 164 valence electrons. The third-order valence-corrected chi connectivity index (χ3v) is 6.39. The Bertz CT molecular complexity index is 1050. The van der Waals surface area contributed by atoms with Crippen molar-refractivity contribution in [3.63, 3.8) is 0 Å². The van der Waals surface area contributed by atoms with E-state index in [0.717, 1.165) is 33.2 Å². The Labute approximate surface area is 187 Å². The first-order valence-corrected chi connectivity index (χ1v) is 10.7. The van der Waals surface area contributed by atoms with Gasteiger partial charge in [0.25, 0.3) is 0 Å². The molecule has 1 aliphatic heterocycles. The van der Waals surface area contributed by atoms with Crippen molar-refractivity contribution in [1.82, 2.24) is 0 Å². The molecule has 0 bridgehead atoms. The number of hydrogen-bond donors (Lipinski definition) is 2. The summed E-state index contributed by atoms with van der Waals surface area (Å²) >= 11 is 6.84. The highest BCUT2D eigenvalue weighted by Crippen LogP contribution is 2.44. The van der Waals surface area contributed by atoms with Gasteiger partial charge in [0.15, 0.2) is 5.79 Å². The van der Waals surface area contributed by atoms with Gasteiger partial charge in [-0.2, -0.15) is 0 Å². The van der Waals surface area contributed by atoms with Gasteiger partial charge in [0.2, 0.25) is 0 Å². The summed E-state index contributed by atoms with van der Waals surface area (Å²) in [6.45, 7) is -0.188. The average Bonchev–Trinajstić information content (AvgIpc) is 2.80. The van der Waals surface area contributed by atoms with E-state index in [1.165, 1.54) is 0 Å². The smallest absolute Gasteiger partial charge is 0.198 e. The molecule has 1 heterocycles. The Morgan fingerprint density at radius 1 is 1.10 bits per heavy atom. The van der Waals surface area contributed by atoms with E-state index in [9.17, 15) is 10.2 Å². The summed E-state index contributed by atoms with van der Waals surface area (Å²) in [7, 11) is 3.21. The van der Waals surface area contributed by atoms with Gasteiger partial charge in [0.05, 0.1) is 30.9 Å². The maximum absolute atomic E-state index is 10.5. The third kappa shape index (κ3) is 4.29. The molecule has 0 aromatic heterocycles. The molecule has 1 aliphatic rings. The number of aliphatic hydroxyl groups is 2. The van der Waals surface area contributed by atoms with Crippen molar-refractivity contribution in [2.24, 2.45) is 0 Å². The minimum atomic E-state index is -1.18. The fourth-order valence-electron chi connectivity index (χ4n) is 4.39. The Morgan fingerprint density at radius 2 is 1.81 bits per heavy atom. The molecular weight excluding hydrogens is 416 g/mol. The van der Waals surface area contributed by atoms with Crippen LogP contribution in [0.25, 0.3) is 10.8 Å². The zero-order valence-corrected chi connectivity index (χ0v) is 18.4. The number of methoxy groups -OCH3 is 2. The lowest BCUT2D eigenvalue weighted by atomic mass is 9.87. The molecule has 0 saturated carbocycles. The van der Waals surface area contributed by atoms with Crippen molar-refractivity contribution < 1.29 is 24.4 Å². The first-order valence-electron chi connectivity index (χ1n) is 10.3. The van der Waals surface area contributed by atoms with E-state index in [4.69, 9.17) is 25.8 Å². The van der Waals surface area contributed by atoms with E-state index in [1.807, 2.05) is 54.6 Å². The summed E-state index contributed by atoms with van der Waals surface area (Å²) in [5.41, 5.74) is 2.82. The van der Waals surface area contributed by atoms with Crippen molar-refractivity contribution in [2.75, 3.05) is 20.8 Å². The number of ether oxygens (including phenoxy) is 3. The van der Waals surface area contributed by atoms with Gasteiger partial charge in [0.1, 0.15) is 5.75 Å². The predicted octanol–water partition coefficient (Wildman–Crippen LogP) is 4.42. The molecule has 3 atom stereocenters. The Hall–Kier alpha value is -2.15. The van der Waals surface area contributed by atoms with Crippen LogP contribution in [0.3, 0.4) is 0 Å². The molecule has 0 amide bonds. The third-order valence-electron chi connectivity index (χ3n) is 5.95. The monoisotopic (exact) mass is 442 g/mol. The number of aliphatic hydroxyl groups excluding tert-OH is 2. The highest BCUT2D eigenvalue weighted by Gasteiger charge is 2.44. The number of halogens is 1. The summed E-state index contributed by atoms with van der Waals surface area (Å²) in [4.78, 5) is 0. The fraction of sp³-hybridized carbons (Fsp3) is 0.360. The van der Waals surface area contributed by atoms with Crippen LogP contribution in [0.15, 0.2) is 54.6 Å². The lowest BCUT2D eigenvalue weighted by Crippen LogP contribution is -2.46. The molecule has 1 saturated heterocycles. The molecule has 3 aromatic carbocycles. The lowest BCUT2D eigenvalue weighted by Gasteiger charge is -2.42. The largest absolute Gasteiger partial charge is 0.497 e. The molecule has 31 heavy (non-hydrogen) atoms. The Kier molecular flexibility index (Phi) is 6.51. The van der Waals surface area contributed by atoms with Crippen molar-refractivity contribution in [2.45, 2.75) is 37.3 Å². The lowest BCUT2D eigenvalue weighted by molar-refractivity contribution is -0.298. The van der Waals surface area contributed by atoms with Gasteiger partial charge in [-0.25, -0.2) is 0 Å². The van der Waals surface area contributed by atoms with Crippen molar-refractivity contribution >= 4 is 22.4 Å². The predicted molar refractivity (Wildman–Crippen MR) is 121 cm³/mol. The summed E-state index contributed by atoms with van der Waals surface area (Å²) in [6, 6.07) is 17.7. The van der Waals surface area contributed by atoms with Crippen LogP contribution < -0.4 is 4.74 Å². The zero-order valence-electron chi connectivity index (χ0n) is 17.7. The van der Waals surface area contributed by atoms with Crippen LogP contribution in [0.2, 0.25) is 5.02 Å². The molecule has 4 rings (SSSR count). The van der Waals surface area contributed by atoms with Crippen LogP contribution in [0.4, 0.5) is 0 Å². The number of benzene rings is 3. The average molecular weight is 443 g/mol. The molecule has 2 N–H and O–H groups in total. The quantitative estimate of drug-likeness (QED) is 0.591. The van der Waals surface area contributed by atoms with Crippen LogP contribution in [-0.2, 0) is 21.7 Å². The van der Waals surface area contributed by atoms with Gasteiger partial charge < -0.3 is 24.4 Å². The van der Waals surface area contributed by atoms with Gasteiger partial charge in [0, 0.05) is 30.9 Å². The minimum absolute atomic E-state index is 0.188. The van der Waals surface area contributed by atoms with Crippen LogP contribution >= 0.6 is 11.6 Å². The molecule has 3 aromatic rings. The molecule has 0 spiro atoms. The van der Waals surface area contributed by atoms with Gasteiger partial charge in [-0.1, -0.05) is 48.0 Å². The van der Waals surface area contributed by atoms with Crippen molar-refractivity contribution in [3.05, 3.63) is 76.3 Å². The van der Waals surface area contributed by atoms with Gasteiger partial charge in [-0.05, 0) is 41.1 Å². The number of hydrogen-bond acceptors (Lipinski definition) is 5. The maximum atomic E-state index is 10.5. The summed E-state index contributed by atoms with van der Waals surface area (Å²) in [5.74, 6) is -0.379. The van der Waals surface area contributed by atoms with Gasteiger partial charge in [-0.3, -0.25) is 0 Å². The number of fused-ring (bicyclic) bond motifs is 1. The van der Waals surface area contributed by atoms with E-state index < -0.39 is 18.0 Å². The SMILES string of the molecule is COc1ccc(Cc2cc([C@@]3(OC)CC(O)CC(CO)O3)c3ccccc3c2Cl)cc1. The highest BCUT2D eigenvalue weighted by atomic mass is 35.5. The Morgan fingerprint density at radius 3 is 2.45 bits per heavy atom. The molecule has 2 unspecified atom stereocenters. The van der Waals surface area contributed by atoms with E-state index in [0.29, 0.717) is 17.9 Å². The normalized spacial score (nSPS) is 23.8. The summed E-state index contributed by atoms with van der Waals surface area (Å²) in [6.07, 6.45) is 0.0970. The zero-order chi connectivity index (χ0) is 22.0. The van der Waals surface area contributed by atoms with Crippen LogP contribution in [0.1, 0.15) is 29.5 Å². The van der Waals surface area contributed by atoms with E-state index in [2.05, 4.69) is 0 Å². The molecule has 0 radical (unpaired) electrons. The minimum Gasteiger partial charge on any atom is -0.497 e. The second kappa shape index (κ2) is 9.15. The van der Waals surface area contributed by atoms with Gasteiger partial charge >= 0.3 is 0 Å². The van der Waals surface area contributed by atoms with E-state index >= 15 is 0 Å². The van der Waals surface area contributed by atoms with E-state index in [-0.39, 0.29) is 13.0 Å². The van der Waals surface area contributed by atoms with Crippen LogP contribution in [0, 0.1) is 0 Å².